The van der Waals surface area contributed by atoms with Crippen LogP contribution in [0.2, 0.25) is 10.0 Å². The van der Waals surface area contributed by atoms with Crippen molar-refractivity contribution in [3.63, 3.8) is 0 Å². The molecule has 0 unspecified atom stereocenters. The van der Waals surface area contributed by atoms with Crippen molar-refractivity contribution in [1.29, 1.82) is 0 Å². The van der Waals surface area contributed by atoms with Crippen LogP contribution in [0.4, 0.5) is 24.5 Å². The van der Waals surface area contributed by atoms with Crippen LogP contribution in [0.3, 0.4) is 0 Å². The third-order valence-corrected chi connectivity index (χ3v) is 7.01. The first-order chi connectivity index (χ1) is 18.9. The molecular formula is C28H17Cl2F3N2O4S. The first-order valence-corrected chi connectivity index (χ1v) is 12.9. The predicted molar refractivity (Wildman–Crippen MR) is 148 cm³/mol. The van der Waals surface area contributed by atoms with Gasteiger partial charge in [0.25, 0.3) is 11.8 Å². The van der Waals surface area contributed by atoms with E-state index in [9.17, 15) is 32.7 Å². The molecule has 40 heavy (non-hydrogen) atoms. The molecule has 0 saturated heterocycles. The first-order valence-electron chi connectivity index (χ1n) is 11.3. The van der Waals surface area contributed by atoms with Crippen molar-refractivity contribution < 1.29 is 32.7 Å². The van der Waals surface area contributed by atoms with Gasteiger partial charge < -0.3 is 15.7 Å². The Bertz CT molecular complexity index is 1600. The number of carboxylic acid groups (broad SMARTS) is 1. The van der Waals surface area contributed by atoms with Crippen LogP contribution in [0, 0.1) is 0 Å². The van der Waals surface area contributed by atoms with Gasteiger partial charge in [-0.25, -0.2) is 4.79 Å². The Morgan fingerprint density at radius 1 is 0.725 bits per heavy atom. The highest BCUT2D eigenvalue weighted by Gasteiger charge is 2.30. The Morgan fingerprint density at radius 3 is 1.98 bits per heavy atom. The lowest BCUT2D eigenvalue weighted by molar-refractivity contribution is -0.137. The minimum absolute atomic E-state index is 0.0677. The van der Waals surface area contributed by atoms with Crippen molar-refractivity contribution in [2.75, 3.05) is 10.6 Å². The lowest BCUT2D eigenvalue weighted by atomic mass is 10.1. The van der Waals surface area contributed by atoms with Crippen molar-refractivity contribution in [2.45, 2.75) is 16.0 Å². The Hall–Kier alpha value is -3.99. The van der Waals surface area contributed by atoms with Crippen LogP contribution in [0.25, 0.3) is 0 Å². The Kier molecular flexibility index (Phi) is 8.73. The van der Waals surface area contributed by atoms with E-state index in [4.69, 9.17) is 23.2 Å². The number of anilines is 2. The zero-order valence-corrected chi connectivity index (χ0v) is 22.4. The normalized spacial score (nSPS) is 11.1. The van der Waals surface area contributed by atoms with E-state index in [0.717, 1.165) is 24.3 Å². The Labute approximate surface area is 240 Å². The molecule has 6 nitrogen and oxygen atoms in total. The zero-order valence-electron chi connectivity index (χ0n) is 20.1. The van der Waals surface area contributed by atoms with Gasteiger partial charge in [0.15, 0.2) is 0 Å². The molecule has 0 aliphatic heterocycles. The number of nitrogens with one attached hydrogen (secondary N) is 2. The third-order valence-electron chi connectivity index (χ3n) is 5.47. The zero-order chi connectivity index (χ0) is 29.0. The van der Waals surface area contributed by atoms with Crippen molar-refractivity contribution in [3.8, 4) is 0 Å². The summed E-state index contributed by atoms with van der Waals surface area (Å²) in [5, 5.41) is 15.3. The van der Waals surface area contributed by atoms with Crippen molar-refractivity contribution in [2.24, 2.45) is 0 Å². The molecule has 4 aromatic rings. The summed E-state index contributed by atoms with van der Waals surface area (Å²) in [5.74, 6) is -2.42. The summed E-state index contributed by atoms with van der Waals surface area (Å²) in [6.07, 6.45) is -4.49. The van der Waals surface area contributed by atoms with Gasteiger partial charge in [0.1, 0.15) is 0 Å². The average Bonchev–Trinajstić information content (AvgIpc) is 2.90. The average molecular weight is 605 g/mol. The van der Waals surface area contributed by atoms with Gasteiger partial charge in [-0.2, -0.15) is 13.2 Å². The fourth-order valence-corrected chi connectivity index (χ4v) is 4.84. The molecule has 0 aliphatic rings. The quantitative estimate of drug-likeness (QED) is 0.197. The molecule has 0 saturated carbocycles. The molecular weight excluding hydrogens is 588 g/mol. The highest BCUT2D eigenvalue weighted by Crippen LogP contribution is 2.33. The maximum atomic E-state index is 12.7. The Balaban J connectivity index is 1.43. The fourth-order valence-electron chi connectivity index (χ4n) is 3.49. The molecule has 0 bridgehead atoms. The van der Waals surface area contributed by atoms with Gasteiger partial charge in [-0.15, -0.1) is 0 Å². The number of hydrogen-bond donors (Lipinski definition) is 3. The number of rotatable bonds is 7. The summed E-state index contributed by atoms with van der Waals surface area (Å²) in [4.78, 5) is 38.2. The SMILES string of the molecule is O=C(Nc1ccc(Sc2ccc(NC(=O)c3ccc(Cl)cc3Cl)c(C(=O)O)c2)cc1)c1ccc(C(F)(F)F)cc1. The van der Waals surface area contributed by atoms with Gasteiger partial charge in [0.05, 0.1) is 27.4 Å². The molecule has 0 fully saturated rings. The second-order valence-corrected chi connectivity index (χ2v) is 10.2. The number of benzene rings is 4. The van der Waals surface area contributed by atoms with Crippen LogP contribution in [0.1, 0.15) is 36.6 Å². The number of amides is 2. The maximum Gasteiger partial charge on any atom is 0.416 e. The van der Waals surface area contributed by atoms with Crippen LogP contribution in [-0.4, -0.2) is 22.9 Å². The summed E-state index contributed by atoms with van der Waals surface area (Å²) in [6.45, 7) is 0. The number of carbonyl (C=O) groups is 3. The Morgan fingerprint density at radius 2 is 1.38 bits per heavy atom. The topological polar surface area (TPSA) is 95.5 Å². The fraction of sp³-hybridized carbons (Fsp3) is 0.0357. The molecule has 12 heteroatoms. The molecule has 0 spiro atoms. The van der Waals surface area contributed by atoms with Crippen molar-refractivity contribution >= 4 is 64.1 Å². The van der Waals surface area contributed by atoms with E-state index < -0.39 is 29.5 Å². The van der Waals surface area contributed by atoms with E-state index in [1.165, 1.54) is 42.1 Å². The number of aromatic carboxylic acids is 1. The van der Waals surface area contributed by atoms with Crippen LogP contribution in [0.15, 0.2) is 94.7 Å². The largest absolute Gasteiger partial charge is 0.478 e. The van der Waals surface area contributed by atoms with Crippen LogP contribution >= 0.6 is 35.0 Å². The van der Waals surface area contributed by atoms with Gasteiger partial charge in [-0.05, 0) is 84.9 Å². The summed E-state index contributed by atoms with van der Waals surface area (Å²) in [5.41, 5.74) is -0.292. The summed E-state index contributed by atoms with van der Waals surface area (Å²) >= 11 is 13.2. The van der Waals surface area contributed by atoms with Crippen molar-refractivity contribution in [1.82, 2.24) is 0 Å². The first kappa shape index (κ1) is 29.0. The molecule has 0 aliphatic carbocycles. The lowest BCUT2D eigenvalue weighted by Crippen LogP contribution is -2.15. The van der Waals surface area contributed by atoms with E-state index in [-0.39, 0.29) is 27.4 Å². The highest BCUT2D eigenvalue weighted by atomic mass is 35.5. The van der Waals surface area contributed by atoms with E-state index >= 15 is 0 Å². The maximum absolute atomic E-state index is 12.7. The van der Waals surface area contributed by atoms with Gasteiger partial charge in [-0.1, -0.05) is 35.0 Å². The summed E-state index contributed by atoms with van der Waals surface area (Å²) in [7, 11) is 0. The van der Waals surface area contributed by atoms with E-state index in [0.29, 0.717) is 20.5 Å². The molecule has 0 atom stereocenters. The minimum atomic E-state index is -4.49. The second-order valence-electron chi connectivity index (χ2n) is 8.25. The molecule has 204 valence electrons. The minimum Gasteiger partial charge on any atom is -0.478 e. The number of carboxylic acids is 1. The molecule has 0 aromatic heterocycles. The van der Waals surface area contributed by atoms with Gasteiger partial charge in [-0.3, -0.25) is 9.59 Å². The summed E-state index contributed by atoms with van der Waals surface area (Å²) in [6, 6.07) is 19.3. The monoisotopic (exact) mass is 604 g/mol. The van der Waals surface area contributed by atoms with Gasteiger partial charge in [0.2, 0.25) is 0 Å². The van der Waals surface area contributed by atoms with Crippen LogP contribution in [-0.2, 0) is 6.18 Å². The van der Waals surface area contributed by atoms with Crippen molar-refractivity contribution in [3.05, 3.63) is 117 Å². The molecule has 2 amide bonds. The second kappa shape index (κ2) is 12.0. The number of halogens is 5. The molecule has 4 rings (SSSR count). The standard InChI is InChI=1S/C28H17Cl2F3N2O4S/c29-17-5-11-21(23(30)13-17)26(37)35-24-12-10-20(14-22(24)27(38)39)40-19-8-6-18(7-9-19)34-25(36)15-1-3-16(4-2-15)28(31,32)33/h1-14H,(H,34,36)(H,35,37)(H,38,39). The number of hydrogen-bond acceptors (Lipinski definition) is 4. The number of carbonyl (C=O) groups excluding carboxylic acids is 2. The van der Waals surface area contributed by atoms with Gasteiger partial charge >= 0.3 is 12.1 Å². The van der Waals surface area contributed by atoms with Gasteiger partial charge in [0, 0.05) is 26.1 Å². The third kappa shape index (κ3) is 7.15. The van der Waals surface area contributed by atoms with E-state index in [1.807, 2.05) is 0 Å². The van der Waals surface area contributed by atoms with E-state index in [2.05, 4.69) is 10.6 Å². The number of alkyl halides is 3. The highest BCUT2D eigenvalue weighted by molar-refractivity contribution is 7.99. The van der Waals surface area contributed by atoms with Crippen LogP contribution < -0.4 is 10.6 Å². The summed E-state index contributed by atoms with van der Waals surface area (Å²) < 4.78 is 38.2. The molecule has 0 radical (unpaired) electrons. The van der Waals surface area contributed by atoms with Crippen LogP contribution in [0.5, 0.6) is 0 Å². The predicted octanol–water partition coefficient (Wildman–Crippen LogP) is 8.37. The van der Waals surface area contributed by atoms with E-state index in [1.54, 1.807) is 30.3 Å². The smallest absolute Gasteiger partial charge is 0.416 e. The molecule has 3 N–H and O–H groups in total. The lowest BCUT2D eigenvalue weighted by Gasteiger charge is -2.12. The molecule has 0 heterocycles. The molecule has 4 aromatic carbocycles.